The van der Waals surface area contributed by atoms with Gasteiger partial charge >= 0.3 is 0 Å². The lowest BCUT2D eigenvalue weighted by molar-refractivity contribution is 0.0599. The van der Waals surface area contributed by atoms with Crippen LogP contribution in [0, 0.1) is 11.5 Å². The Morgan fingerprint density at radius 1 is 1.06 bits per heavy atom. The molecule has 4 rings (SSSR count). The molecule has 0 bridgehead atoms. The van der Waals surface area contributed by atoms with Gasteiger partial charge in [0.15, 0.2) is 0 Å². The zero-order valence-electron chi connectivity index (χ0n) is 19.6. The highest BCUT2D eigenvalue weighted by Gasteiger charge is 2.38. The molecule has 0 saturated carbocycles. The van der Waals surface area contributed by atoms with Crippen LogP contribution in [0.1, 0.15) is 28.8 Å². The van der Waals surface area contributed by atoms with Crippen LogP contribution in [0.25, 0.3) is 0 Å². The predicted octanol–water partition coefficient (Wildman–Crippen LogP) is 2.63. The monoisotopic (exact) mass is 461 g/mol. The first-order chi connectivity index (χ1) is 16.7. The van der Waals surface area contributed by atoms with Gasteiger partial charge in [-0.3, -0.25) is 4.79 Å². The van der Waals surface area contributed by atoms with E-state index < -0.39 is 0 Å². The number of amides is 1. The van der Waals surface area contributed by atoms with Gasteiger partial charge < -0.3 is 24.6 Å². The fraction of sp³-hybridized carbons (Fsp3) is 0.423. The average molecular weight is 462 g/mol. The quantitative estimate of drug-likeness (QED) is 0.418. The number of morpholine rings is 1. The van der Waals surface area contributed by atoms with Crippen LogP contribution in [0.4, 0.5) is 0 Å². The molecule has 0 radical (unpaired) electrons. The Hall–Kier alpha value is -3.57. The van der Waals surface area contributed by atoms with Gasteiger partial charge in [-0.1, -0.05) is 42.5 Å². The van der Waals surface area contributed by atoms with E-state index in [1.807, 2.05) is 36.5 Å². The van der Waals surface area contributed by atoms with Crippen molar-refractivity contribution < 1.29 is 14.3 Å². The highest BCUT2D eigenvalue weighted by Crippen LogP contribution is 2.35. The van der Waals surface area contributed by atoms with E-state index in [9.17, 15) is 10.1 Å². The van der Waals surface area contributed by atoms with Crippen LogP contribution in [0.5, 0.6) is 5.75 Å². The van der Waals surface area contributed by atoms with Crippen molar-refractivity contribution in [3.63, 3.8) is 0 Å². The number of nitriles is 1. The van der Waals surface area contributed by atoms with Gasteiger partial charge in [-0.05, 0) is 30.5 Å². The number of para-hydroxylation sites is 1. The zero-order chi connectivity index (χ0) is 23.8. The number of nitrogens with one attached hydrogen (secondary N) is 1. The van der Waals surface area contributed by atoms with Crippen molar-refractivity contribution in [3.05, 3.63) is 65.7 Å². The summed E-state index contributed by atoms with van der Waals surface area (Å²) in [6.07, 6.45) is 3.64. The summed E-state index contributed by atoms with van der Waals surface area (Å²) in [6, 6.07) is 17.6. The number of likely N-dealkylation sites (tertiary alicyclic amines) is 1. The molecule has 2 aromatic rings. The van der Waals surface area contributed by atoms with Crippen LogP contribution < -0.4 is 10.1 Å². The van der Waals surface area contributed by atoms with E-state index in [0.717, 1.165) is 45.0 Å². The maximum Gasteiger partial charge on any atom is 0.255 e. The Morgan fingerprint density at radius 3 is 2.38 bits per heavy atom. The Labute approximate surface area is 200 Å². The van der Waals surface area contributed by atoms with Crippen molar-refractivity contribution in [1.82, 2.24) is 15.1 Å². The zero-order valence-corrected chi connectivity index (χ0v) is 19.6. The Kier molecular flexibility index (Phi) is 7.65. The maximum absolute atomic E-state index is 13.0. The van der Waals surface area contributed by atoms with E-state index in [2.05, 4.69) is 32.2 Å². The molecule has 178 valence electrons. The van der Waals surface area contributed by atoms with Gasteiger partial charge in [0.05, 0.1) is 25.9 Å². The number of guanidine groups is 1. The summed E-state index contributed by atoms with van der Waals surface area (Å²) in [5.74, 6) is 1.15. The second-order valence-corrected chi connectivity index (χ2v) is 8.63. The molecule has 8 heteroatoms. The first-order valence-electron chi connectivity index (χ1n) is 11.7. The first kappa shape index (κ1) is 23.6. The number of hydrogen-bond donors (Lipinski definition) is 1. The normalized spacial score (nSPS) is 18.2. The van der Waals surface area contributed by atoms with Gasteiger partial charge in [-0.2, -0.15) is 5.26 Å². The molecule has 34 heavy (non-hydrogen) atoms. The second kappa shape index (κ2) is 11.0. The van der Waals surface area contributed by atoms with Crippen LogP contribution >= 0.6 is 0 Å². The number of methoxy groups -OCH3 is 1. The van der Waals surface area contributed by atoms with E-state index in [1.165, 1.54) is 5.56 Å². The molecule has 2 saturated heterocycles. The van der Waals surface area contributed by atoms with Gasteiger partial charge in [-0.15, -0.1) is 4.99 Å². The molecule has 1 amide bonds. The minimum absolute atomic E-state index is 0.143. The summed E-state index contributed by atoms with van der Waals surface area (Å²) in [5, 5.41) is 12.5. The number of rotatable bonds is 5. The second-order valence-electron chi connectivity index (χ2n) is 8.63. The summed E-state index contributed by atoms with van der Waals surface area (Å²) < 4.78 is 10.8. The third-order valence-electron chi connectivity index (χ3n) is 6.77. The third-order valence-corrected chi connectivity index (χ3v) is 6.77. The lowest BCUT2D eigenvalue weighted by atomic mass is 9.72. The summed E-state index contributed by atoms with van der Waals surface area (Å²) in [5.41, 5.74) is 1.53. The van der Waals surface area contributed by atoms with E-state index in [-0.39, 0.29) is 11.3 Å². The fourth-order valence-electron chi connectivity index (χ4n) is 4.82. The number of benzene rings is 2. The lowest BCUT2D eigenvalue weighted by Gasteiger charge is -2.45. The number of carbonyl (C=O) groups is 1. The minimum atomic E-state index is -0.210. The lowest BCUT2D eigenvalue weighted by Crippen LogP contribution is -2.55. The summed E-state index contributed by atoms with van der Waals surface area (Å²) in [7, 11) is 1.57. The highest BCUT2D eigenvalue weighted by molar-refractivity contribution is 5.97. The molecular weight excluding hydrogens is 430 g/mol. The van der Waals surface area contributed by atoms with Gasteiger partial charge in [0.2, 0.25) is 12.2 Å². The SMILES string of the molecule is COc1ccccc1C(=O)NCC1(c2ccccc2)CCN(/C(=N/C#N)N2CCOCC2)CC1. The molecule has 2 aliphatic heterocycles. The number of ether oxygens (including phenoxy) is 2. The van der Waals surface area contributed by atoms with Crippen molar-refractivity contribution in [2.24, 2.45) is 4.99 Å². The highest BCUT2D eigenvalue weighted by atomic mass is 16.5. The van der Waals surface area contributed by atoms with Crippen LogP contribution in [-0.4, -0.2) is 74.7 Å². The number of hydrogen-bond acceptors (Lipinski definition) is 5. The van der Waals surface area contributed by atoms with Crippen molar-refractivity contribution in [2.45, 2.75) is 18.3 Å². The molecule has 2 aromatic carbocycles. The van der Waals surface area contributed by atoms with Crippen molar-refractivity contribution >= 4 is 11.9 Å². The molecule has 0 aromatic heterocycles. The van der Waals surface area contributed by atoms with E-state index in [0.29, 0.717) is 31.1 Å². The first-order valence-corrected chi connectivity index (χ1v) is 11.7. The summed E-state index contributed by atoms with van der Waals surface area (Å²) >= 11 is 0. The van der Waals surface area contributed by atoms with E-state index in [4.69, 9.17) is 9.47 Å². The van der Waals surface area contributed by atoms with Crippen LogP contribution in [0.15, 0.2) is 59.6 Å². The fourth-order valence-corrected chi connectivity index (χ4v) is 4.82. The molecule has 1 N–H and O–H groups in total. The van der Waals surface area contributed by atoms with Crippen LogP contribution in [-0.2, 0) is 10.2 Å². The molecule has 8 nitrogen and oxygen atoms in total. The predicted molar refractivity (Wildman–Crippen MR) is 130 cm³/mol. The Bertz CT molecular complexity index is 1040. The topological polar surface area (TPSA) is 90.2 Å². The van der Waals surface area contributed by atoms with Gasteiger partial charge in [-0.25, -0.2) is 0 Å². The molecule has 0 spiro atoms. The Balaban J connectivity index is 1.51. The van der Waals surface area contributed by atoms with E-state index >= 15 is 0 Å². The maximum atomic E-state index is 13.0. The minimum Gasteiger partial charge on any atom is -0.496 e. The molecule has 0 unspecified atom stereocenters. The van der Waals surface area contributed by atoms with Gasteiger partial charge in [0.25, 0.3) is 5.91 Å². The standard InChI is InChI=1S/C26H31N5O3/c1-33-23-10-6-5-9-22(23)24(32)28-19-26(21-7-3-2-4-8-21)11-13-30(14-12-26)25(29-20-27)31-15-17-34-18-16-31/h2-10H,11-19H2,1H3,(H,28,32)/b29-25-. The largest absolute Gasteiger partial charge is 0.496 e. The van der Waals surface area contributed by atoms with Crippen molar-refractivity contribution in [2.75, 3.05) is 53.0 Å². The molecule has 2 fully saturated rings. The molecule has 2 heterocycles. The number of piperidine rings is 1. The van der Waals surface area contributed by atoms with Crippen molar-refractivity contribution in [3.8, 4) is 11.9 Å². The summed E-state index contributed by atoms with van der Waals surface area (Å²) in [6.45, 7) is 4.76. The third kappa shape index (κ3) is 5.15. The van der Waals surface area contributed by atoms with Crippen LogP contribution in [0.2, 0.25) is 0 Å². The average Bonchev–Trinajstić information content (AvgIpc) is 2.91. The van der Waals surface area contributed by atoms with Gasteiger partial charge in [0.1, 0.15) is 5.75 Å². The number of carbonyl (C=O) groups excluding carboxylic acids is 1. The number of aliphatic imine (C=N–C) groups is 1. The van der Waals surface area contributed by atoms with Crippen LogP contribution in [0.3, 0.4) is 0 Å². The smallest absolute Gasteiger partial charge is 0.255 e. The molecule has 2 aliphatic rings. The molecule has 0 aliphatic carbocycles. The molecule has 0 atom stereocenters. The van der Waals surface area contributed by atoms with E-state index in [1.54, 1.807) is 19.2 Å². The molecular formula is C26H31N5O3. The van der Waals surface area contributed by atoms with Gasteiger partial charge in [0, 0.05) is 38.1 Å². The Morgan fingerprint density at radius 2 is 1.71 bits per heavy atom. The van der Waals surface area contributed by atoms with Crippen molar-refractivity contribution in [1.29, 1.82) is 5.26 Å². The number of nitrogens with zero attached hydrogens (tertiary/aromatic N) is 4. The summed E-state index contributed by atoms with van der Waals surface area (Å²) in [4.78, 5) is 21.5.